The van der Waals surface area contributed by atoms with Crippen LogP contribution in [0.4, 0.5) is 5.82 Å². The van der Waals surface area contributed by atoms with Gasteiger partial charge in [-0.1, -0.05) is 18.7 Å². The average Bonchev–Trinajstić information content (AvgIpc) is 2.76. The summed E-state index contributed by atoms with van der Waals surface area (Å²) in [4.78, 5) is 6.63. The Morgan fingerprint density at radius 3 is 2.87 bits per heavy atom. The SMILES string of the molecule is CSc1ncc(N2CCC3C(C)C32)nn1. The van der Waals surface area contributed by atoms with Crippen LogP contribution in [-0.4, -0.2) is 34.0 Å². The molecular formula is C10H14N4S. The first kappa shape index (κ1) is 9.39. The molecule has 1 aliphatic carbocycles. The van der Waals surface area contributed by atoms with Gasteiger partial charge in [0.05, 0.1) is 6.20 Å². The summed E-state index contributed by atoms with van der Waals surface area (Å²) in [7, 11) is 0. The second-order valence-corrected chi connectivity index (χ2v) is 5.07. The fraction of sp³-hybridized carbons (Fsp3) is 0.700. The molecule has 2 fully saturated rings. The van der Waals surface area contributed by atoms with Crippen LogP contribution in [0.2, 0.25) is 0 Å². The third-order valence-electron chi connectivity index (χ3n) is 3.58. The predicted molar refractivity (Wildman–Crippen MR) is 60.0 cm³/mol. The minimum atomic E-state index is 0.709. The van der Waals surface area contributed by atoms with E-state index in [4.69, 9.17) is 0 Å². The molecule has 0 aromatic carbocycles. The zero-order valence-corrected chi connectivity index (χ0v) is 9.74. The van der Waals surface area contributed by atoms with Crippen molar-refractivity contribution in [1.82, 2.24) is 15.2 Å². The van der Waals surface area contributed by atoms with Crippen molar-refractivity contribution in [1.29, 1.82) is 0 Å². The largest absolute Gasteiger partial charge is 0.350 e. The molecule has 1 aromatic rings. The lowest BCUT2D eigenvalue weighted by atomic mass is 10.2. The van der Waals surface area contributed by atoms with E-state index in [1.807, 2.05) is 12.5 Å². The number of thioether (sulfide) groups is 1. The van der Waals surface area contributed by atoms with E-state index < -0.39 is 0 Å². The molecule has 0 radical (unpaired) electrons. The normalized spacial score (nSPS) is 32.9. The van der Waals surface area contributed by atoms with Gasteiger partial charge in [0.2, 0.25) is 5.16 Å². The van der Waals surface area contributed by atoms with Crippen LogP contribution in [0, 0.1) is 11.8 Å². The molecule has 15 heavy (non-hydrogen) atoms. The average molecular weight is 222 g/mol. The Bertz CT molecular complexity index is 366. The highest BCUT2D eigenvalue weighted by atomic mass is 32.2. The van der Waals surface area contributed by atoms with Gasteiger partial charge in [0.15, 0.2) is 5.82 Å². The van der Waals surface area contributed by atoms with E-state index in [1.54, 1.807) is 0 Å². The summed E-state index contributed by atoms with van der Waals surface area (Å²) in [5, 5.41) is 9.06. The fourth-order valence-electron chi connectivity index (χ4n) is 2.66. The van der Waals surface area contributed by atoms with E-state index in [0.29, 0.717) is 6.04 Å². The van der Waals surface area contributed by atoms with Crippen LogP contribution in [0.15, 0.2) is 11.4 Å². The lowest BCUT2D eigenvalue weighted by molar-refractivity contribution is 0.669. The summed E-state index contributed by atoms with van der Waals surface area (Å²) in [6, 6.07) is 0.709. The summed E-state index contributed by atoms with van der Waals surface area (Å²) < 4.78 is 0. The summed E-state index contributed by atoms with van der Waals surface area (Å²) in [6.07, 6.45) is 5.12. The molecule has 0 spiro atoms. The molecule has 1 saturated carbocycles. The standard InChI is InChI=1S/C10H14N4S/c1-6-7-3-4-14(9(6)7)8-5-11-10(15-2)13-12-8/h5-7,9H,3-4H2,1-2H3. The number of anilines is 1. The van der Waals surface area contributed by atoms with Gasteiger partial charge in [-0.05, 0) is 24.5 Å². The molecule has 1 saturated heterocycles. The van der Waals surface area contributed by atoms with Crippen LogP contribution in [0.3, 0.4) is 0 Å². The van der Waals surface area contributed by atoms with Crippen LogP contribution in [0.5, 0.6) is 0 Å². The first-order valence-electron chi connectivity index (χ1n) is 5.31. The smallest absolute Gasteiger partial charge is 0.208 e. The Hall–Kier alpha value is -0.840. The van der Waals surface area contributed by atoms with Gasteiger partial charge in [-0.2, -0.15) is 0 Å². The van der Waals surface area contributed by atoms with E-state index >= 15 is 0 Å². The molecule has 2 aliphatic rings. The molecule has 1 aliphatic heterocycles. The molecule has 80 valence electrons. The molecule has 0 N–H and O–H groups in total. The van der Waals surface area contributed by atoms with Crippen molar-refractivity contribution in [2.24, 2.45) is 11.8 Å². The number of fused-ring (bicyclic) bond motifs is 1. The number of nitrogens with zero attached hydrogens (tertiary/aromatic N) is 4. The number of hydrogen-bond acceptors (Lipinski definition) is 5. The lowest BCUT2D eigenvalue weighted by Gasteiger charge is -2.19. The highest BCUT2D eigenvalue weighted by Gasteiger charge is 2.54. The zero-order chi connectivity index (χ0) is 10.4. The molecule has 4 nitrogen and oxygen atoms in total. The summed E-state index contributed by atoms with van der Waals surface area (Å²) in [5.41, 5.74) is 0. The van der Waals surface area contributed by atoms with Crippen molar-refractivity contribution in [3.8, 4) is 0 Å². The van der Waals surface area contributed by atoms with Gasteiger partial charge in [-0.25, -0.2) is 4.98 Å². The van der Waals surface area contributed by atoms with E-state index in [0.717, 1.165) is 29.4 Å². The maximum Gasteiger partial charge on any atom is 0.208 e. The van der Waals surface area contributed by atoms with Crippen LogP contribution in [0.25, 0.3) is 0 Å². The van der Waals surface area contributed by atoms with Crippen LogP contribution >= 0.6 is 11.8 Å². The van der Waals surface area contributed by atoms with Crippen molar-refractivity contribution >= 4 is 17.6 Å². The predicted octanol–water partition coefficient (Wildman–Crippen LogP) is 1.44. The van der Waals surface area contributed by atoms with Crippen molar-refractivity contribution in [3.05, 3.63) is 6.20 Å². The first-order chi connectivity index (χ1) is 7.31. The molecule has 5 heteroatoms. The Labute approximate surface area is 93.5 Å². The Morgan fingerprint density at radius 1 is 1.47 bits per heavy atom. The van der Waals surface area contributed by atoms with Gasteiger partial charge < -0.3 is 4.90 Å². The third kappa shape index (κ3) is 1.40. The second-order valence-electron chi connectivity index (χ2n) is 4.30. The van der Waals surface area contributed by atoms with Crippen molar-refractivity contribution in [3.63, 3.8) is 0 Å². The van der Waals surface area contributed by atoms with E-state index in [-0.39, 0.29) is 0 Å². The highest BCUT2D eigenvalue weighted by molar-refractivity contribution is 7.98. The topological polar surface area (TPSA) is 41.9 Å². The Morgan fingerprint density at radius 2 is 2.33 bits per heavy atom. The minimum absolute atomic E-state index is 0.709. The van der Waals surface area contributed by atoms with E-state index in [9.17, 15) is 0 Å². The van der Waals surface area contributed by atoms with E-state index in [2.05, 4.69) is 27.0 Å². The van der Waals surface area contributed by atoms with Gasteiger partial charge in [0.25, 0.3) is 0 Å². The summed E-state index contributed by atoms with van der Waals surface area (Å²) >= 11 is 1.53. The Kier molecular flexibility index (Phi) is 2.09. The molecule has 0 bridgehead atoms. The van der Waals surface area contributed by atoms with Crippen molar-refractivity contribution < 1.29 is 0 Å². The van der Waals surface area contributed by atoms with Crippen molar-refractivity contribution in [2.75, 3.05) is 17.7 Å². The van der Waals surface area contributed by atoms with Crippen molar-refractivity contribution in [2.45, 2.75) is 24.5 Å². The van der Waals surface area contributed by atoms with Gasteiger partial charge >= 0.3 is 0 Å². The van der Waals surface area contributed by atoms with Crippen LogP contribution in [0.1, 0.15) is 13.3 Å². The molecule has 2 heterocycles. The first-order valence-corrected chi connectivity index (χ1v) is 6.54. The van der Waals surface area contributed by atoms with Gasteiger partial charge in [0, 0.05) is 12.6 Å². The number of hydrogen-bond donors (Lipinski definition) is 0. The Balaban J connectivity index is 1.81. The quantitative estimate of drug-likeness (QED) is 0.708. The number of piperidine rings is 1. The second kappa shape index (κ2) is 3.33. The van der Waals surface area contributed by atoms with Gasteiger partial charge in [-0.15, -0.1) is 10.2 Å². The third-order valence-corrected chi connectivity index (χ3v) is 4.13. The lowest BCUT2D eigenvalue weighted by Crippen LogP contribution is -2.25. The number of aromatic nitrogens is 3. The molecule has 0 amide bonds. The number of rotatable bonds is 2. The fourth-order valence-corrected chi connectivity index (χ4v) is 2.94. The summed E-state index contributed by atoms with van der Waals surface area (Å²) in [5.74, 6) is 2.68. The maximum absolute atomic E-state index is 4.27. The molecular weight excluding hydrogens is 208 g/mol. The highest BCUT2D eigenvalue weighted by Crippen LogP contribution is 2.51. The molecule has 3 atom stereocenters. The van der Waals surface area contributed by atoms with Crippen LogP contribution < -0.4 is 4.90 Å². The van der Waals surface area contributed by atoms with Gasteiger partial charge in [0.1, 0.15) is 0 Å². The molecule has 1 aromatic heterocycles. The summed E-state index contributed by atoms with van der Waals surface area (Å²) in [6.45, 7) is 3.44. The monoisotopic (exact) mass is 222 g/mol. The maximum atomic E-state index is 4.27. The van der Waals surface area contributed by atoms with Gasteiger partial charge in [-0.3, -0.25) is 0 Å². The molecule has 3 unspecified atom stereocenters. The zero-order valence-electron chi connectivity index (χ0n) is 8.92. The minimum Gasteiger partial charge on any atom is -0.350 e. The van der Waals surface area contributed by atoms with E-state index in [1.165, 1.54) is 18.2 Å². The molecule has 3 rings (SSSR count). The van der Waals surface area contributed by atoms with Crippen LogP contribution in [-0.2, 0) is 0 Å².